The number of nitrogens with zero attached hydrogens (tertiary/aromatic N) is 4. The molecule has 21 heteroatoms. The Labute approximate surface area is 242 Å². The van der Waals surface area contributed by atoms with Gasteiger partial charge in [-0.1, -0.05) is 11.6 Å². The number of aliphatic hydroxyl groups is 1. The molecule has 3 heterocycles. The van der Waals surface area contributed by atoms with Gasteiger partial charge in [0.05, 0.1) is 40.9 Å². The summed E-state index contributed by atoms with van der Waals surface area (Å²) in [6.07, 6.45) is -21.6. The first-order valence-corrected chi connectivity index (χ1v) is 12.2. The number of benzene rings is 1. The van der Waals surface area contributed by atoms with E-state index in [1.807, 2.05) is 5.32 Å². The number of anilines is 1. The molecule has 4 rings (SSSR count). The molecular weight excluding hydrogens is 653 g/mol. The maximum atomic E-state index is 14.8. The minimum Gasteiger partial charge on any atom is -0.382 e. The number of nitrogen functional groups attached to an aromatic ring is 1. The molecule has 0 radical (unpaired) electrons. The Balaban J connectivity index is 1.61. The lowest BCUT2D eigenvalue weighted by atomic mass is 9.97. The van der Waals surface area contributed by atoms with E-state index in [-0.39, 0.29) is 4.90 Å². The SMILES string of the molecule is Nc1ncnn2c(-c3cc(F)c(Cl)c(C(=O)N[C@@H]4CN(C(=O)CC(O)(C(F)(F)F)C(F)(F)F)C[C@@H]4F)c3)cc(C(F)(F)F)c12. The molecule has 2 atom stereocenters. The van der Waals surface area contributed by atoms with E-state index in [1.54, 1.807) is 0 Å². The first kappa shape index (κ1) is 33.0. The zero-order chi connectivity index (χ0) is 33.2. The third-order valence-electron chi connectivity index (χ3n) is 6.72. The molecule has 0 aliphatic carbocycles. The highest BCUT2D eigenvalue weighted by Gasteiger charge is 2.71. The van der Waals surface area contributed by atoms with Crippen LogP contribution in [0.2, 0.25) is 5.02 Å². The molecule has 3 aromatic rings. The Hall–Kier alpha value is -3.94. The first-order chi connectivity index (χ1) is 20.1. The highest BCUT2D eigenvalue weighted by atomic mass is 35.5. The van der Waals surface area contributed by atoms with Gasteiger partial charge in [-0.05, 0) is 18.2 Å². The lowest BCUT2D eigenvalue weighted by Crippen LogP contribution is -2.59. The van der Waals surface area contributed by atoms with Gasteiger partial charge in [-0.2, -0.15) is 44.6 Å². The summed E-state index contributed by atoms with van der Waals surface area (Å²) in [7, 11) is 0. The molecule has 0 spiro atoms. The predicted molar refractivity (Wildman–Crippen MR) is 127 cm³/mol. The van der Waals surface area contributed by atoms with Crippen LogP contribution in [0, 0.1) is 5.82 Å². The van der Waals surface area contributed by atoms with Crippen molar-refractivity contribution in [1.29, 1.82) is 0 Å². The number of carbonyl (C=O) groups is 2. The molecule has 0 unspecified atom stereocenters. The smallest absolute Gasteiger partial charge is 0.382 e. The highest BCUT2D eigenvalue weighted by molar-refractivity contribution is 6.34. The monoisotopic (exact) mass is 668 g/mol. The van der Waals surface area contributed by atoms with E-state index in [0.717, 1.165) is 12.4 Å². The van der Waals surface area contributed by atoms with E-state index in [0.29, 0.717) is 16.6 Å². The van der Waals surface area contributed by atoms with Crippen molar-refractivity contribution in [3.63, 3.8) is 0 Å². The van der Waals surface area contributed by atoms with Crippen LogP contribution in [0.15, 0.2) is 24.5 Å². The number of hydrogen-bond acceptors (Lipinski definition) is 6. The van der Waals surface area contributed by atoms with E-state index in [4.69, 9.17) is 17.3 Å². The zero-order valence-corrected chi connectivity index (χ0v) is 22.0. The Kier molecular flexibility index (Phi) is 8.16. The zero-order valence-electron chi connectivity index (χ0n) is 21.3. The van der Waals surface area contributed by atoms with Gasteiger partial charge in [0.25, 0.3) is 11.5 Å². The number of fused-ring (bicyclic) bond motifs is 1. The van der Waals surface area contributed by atoms with Crippen molar-refractivity contribution in [3.8, 4) is 11.3 Å². The summed E-state index contributed by atoms with van der Waals surface area (Å²) < 4.78 is 149. The summed E-state index contributed by atoms with van der Waals surface area (Å²) in [4.78, 5) is 28.9. The van der Waals surface area contributed by atoms with Crippen molar-refractivity contribution >= 4 is 34.7 Å². The number of carbonyl (C=O) groups excluding carboxylic acids is 2. The average Bonchev–Trinajstić information content (AvgIpc) is 3.46. The molecule has 4 N–H and O–H groups in total. The number of likely N-dealkylation sites (tertiary alicyclic amines) is 1. The third kappa shape index (κ3) is 5.78. The van der Waals surface area contributed by atoms with Crippen LogP contribution in [0.25, 0.3) is 16.8 Å². The lowest BCUT2D eigenvalue weighted by molar-refractivity contribution is -0.367. The maximum Gasteiger partial charge on any atom is 0.426 e. The predicted octanol–water partition coefficient (Wildman–Crippen LogP) is 4.31. The van der Waals surface area contributed by atoms with Crippen molar-refractivity contribution in [2.75, 3.05) is 18.8 Å². The number of nitrogens with one attached hydrogen (secondary N) is 1. The molecule has 1 saturated heterocycles. The molecule has 1 aliphatic heterocycles. The van der Waals surface area contributed by atoms with Crippen LogP contribution in [-0.2, 0) is 11.0 Å². The number of nitrogens with two attached hydrogens (primary N) is 1. The van der Waals surface area contributed by atoms with Gasteiger partial charge < -0.3 is 21.1 Å². The summed E-state index contributed by atoms with van der Waals surface area (Å²) in [6.45, 7) is -2.05. The van der Waals surface area contributed by atoms with E-state index in [1.165, 1.54) is 0 Å². The number of alkyl halides is 10. The van der Waals surface area contributed by atoms with Crippen LogP contribution in [0.1, 0.15) is 22.3 Å². The highest BCUT2D eigenvalue weighted by Crippen LogP contribution is 2.46. The quantitative estimate of drug-likeness (QED) is 0.348. The molecule has 0 saturated carbocycles. The second-order valence-corrected chi connectivity index (χ2v) is 9.97. The van der Waals surface area contributed by atoms with Crippen molar-refractivity contribution in [1.82, 2.24) is 24.8 Å². The topological polar surface area (TPSA) is 126 Å². The molecule has 1 aromatic carbocycles. The van der Waals surface area contributed by atoms with Crippen LogP contribution in [0.4, 0.5) is 54.1 Å². The fraction of sp³-hybridized carbons (Fsp3) is 0.391. The Morgan fingerprint density at radius 2 is 1.66 bits per heavy atom. The van der Waals surface area contributed by atoms with Gasteiger partial charge in [-0.3, -0.25) is 9.59 Å². The molecule has 2 aromatic heterocycles. The van der Waals surface area contributed by atoms with E-state index >= 15 is 0 Å². The van der Waals surface area contributed by atoms with Gasteiger partial charge in [-0.15, -0.1) is 0 Å². The Bertz CT molecular complexity index is 1610. The lowest BCUT2D eigenvalue weighted by Gasteiger charge is -2.32. The van der Waals surface area contributed by atoms with Gasteiger partial charge in [0.2, 0.25) is 5.91 Å². The number of amides is 2. The summed E-state index contributed by atoms with van der Waals surface area (Å²) in [6, 6.07) is 0.220. The van der Waals surface area contributed by atoms with Gasteiger partial charge in [0.15, 0.2) is 5.82 Å². The molecule has 2 amide bonds. The molecule has 1 fully saturated rings. The normalized spacial score (nSPS) is 18.2. The first-order valence-electron chi connectivity index (χ1n) is 11.8. The van der Waals surface area contributed by atoms with Crippen LogP contribution < -0.4 is 11.1 Å². The molecular formula is C23H16ClF11N6O3. The van der Waals surface area contributed by atoms with Crippen LogP contribution in [0.3, 0.4) is 0 Å². The summed E-state index contributed by atoms with van der Waals surface area (Å²) in [5.74, 6) is -5.25. The average molecular weight is 669 g/mol. The van der Waals surface area contributed by atoms with Crippen molar-refractivity contribution in [2.24, 2.45) is 0 Å². The largest absolute Gasteiger partial charge is 0.426 e. The van der Waals surface area contributed by atoms with Gasteiger partial charge in [0, 0.05) is 12.1 Å². The van der Waals surface area contributed by atoms with Crippen molar-refractivity contribution < 1.29 is 63.0 Å². The van der Waals surface area contributed by atoms with Gasteiger partial charge in [-0.25, -0.2) is 18.3 Å². The summed E-state index contributed by atoms with van der Waals surface area (Å²) >= 11 is 5.86. The number of aromatic nitrogens is 3. The number of hydrogen-bond donors (Lipinski definition) is 3. The fourth-order valence-corrected chi connectivity index (χ4v) is 4.63. The Morgan fingerprint density at radius 3 is 2.23 bits per heavy atom. The maximum absolute atomic E-state index is 14.8. The van der Waals surface area contributed by atoms with Gasteiger partial charge in [0.1, 0.15) is 23.8 Å². The minimum absolute atomic E-state index is 0.201. The molecule has 1 aliphatic rings. The second kappa shape index (κ2) is 10.9. The summed E-state index contributed by atoms with van der Waals surface area (Å²) in [5, 5.41) is 14.0. The van der Waals surface area contributed by atoms with Crippen LogP contribution in [0.5, 0.6) is 0 Å². The minimum atomic E-state index is -6.32. The van der Waals surface area contributed by atoms with Crippen LogP contribution in [-0.4, -0.2) is 79.7 Å². The molecule has 240 valence electrons. The van der Waals surface area contributed by atoms with Gasteiger partial charge >= 0.3 is 18.5 Å². The second-order valence-electron chi connectivity index (χ2n) is 9.59. The Morgan fingerprint density at radius 1 is 1.05 bits per heavy atom. The van der Waals surface area contributed by atoms with E-state index in [9.17, 15) is 63.0 Å². The van der Waals surface area contributed by atoms with Crippen molar-refractivity contribution in [3.05, 3.63) is 46.5 Å². The molecule has 44 heavy (non-hydrogen) atoms. The standard InChI is InChI=1S/C23H16ClF11N6O3/c24-16-9(1-8(2-11(16)25)14-3-10(21(27,28)29)17-18(36)37-7-38-41(14)17)19(43)39-13-6-40(5-12(13)26)15(42)4-20(44,22(30,31)32)23(33,34)35/h1-3,7,12-13,44H,4-6H2,(H,39,43)(H2,36,37,38)/t12-,13+/m0/s1. The molecule has 9 nitrogen and oxygen atoms in total. The van der Waals surface area contributed by atoms with E-state index < -0.39 is 112 Å². The van der Waals surface area contributed by atoms with Crippen LogP contribution >= 0.6 is 11.6 Å². The number of halogens is 12. The fourth-order valence-electron chi connectivity index (χ4n) is 4.43. The molecule has 0 bridgehead atoms. The number of rotatable bonds is 5. The van der Waals surface area contributed by atoms with Crippen molar-refractivity contribution in [2.45, 2.75) is 42.8 Å². The van der Waals surface area contributed by atoms with E-state index in [2.05, 4.69) is 10.1 Å². The third-order valence-corrected chi connectivity index (χ3v) is 7.10. The summed E-state index contributed by atoms with van der Waals surface area (Å²) in [5.41, 5.74) is -3.50.